The largest absolute Gasteiger partial charge is 0.367 e. The Balaban J connectivity index is 2.26. The third kappa shape index (κ3) is 3.21. The zero-order valence-corrected chi connectivity index (χ0v) is 12.6. The summed E-state index contributed by atoms with van der Waals surface area (Å²) in [6.45, 7) is 5.46. The smallest absolute Gasteiger partial charge is 0.147 e. The molecule has 0 aromatic carbocycles. The fourth-order valence-electron chi connectivity index (χ4n) is 2.18. The highest BCUT2D eigenvalue weighted by Gasteiger charge is 2.34. The van der Waals surface area contributed by atoms with Crippen LogP contribution in [0.5, 0.6) is 0 Å². The summed E-state index contributed by atoms with van der Waals surface area (Å²) in [5.41, 5.74) is -0.275. The van der Waals surface area contributed by atoms with Gasteiger partial charge in [0.1, 0.15) is 5.82 Å². The third-order valence-corrected chi connectivity index (χ3v) is 3.57. The first-order chi connectivity index (χ1) is 8.41. The van der Waals surface area contributed by atoms with Gasteiger partial charge in [-0.25, -0.2) is 4.98 Å². The van der Waals surface area contributed by atoms with Gasteiger partial charge in [0, 0.05) is 19.3 Å². The van der Waals surface area contributed by atoms with Gasteiger partial charge >= 0.3 is 0 Å². The van der Waals surface area contributed by atoms with E-state index in [0.29, 0.717) is 22.5 Å². The van der Waals surface area contributed by atoms with E-state index in [1.165, 1.54) is 0 Å². The van der Waals surface area contributed by atoms with Crippen LogP contribution in [0.15, 0.2) is 12.3 Å². The lowest BCUT2D eigenvalue weighted by Gasteiger charge is -2.43. The van der Waals surface area contributed by atoms with Gasteiger partial charge in [-0.3, -0.25) is 0 Å². The lowest BCUT2D eigenvalue weighted by Crippen LogP contribution is -2.53. The van der Waals surface area contributed by atoms with Crippen LogP contribution in [-0.4, -0.2) is 35.7 Å². The molecule has 0 spiro atoms. The number of hydrogen-bond donors (Lipinski definition) is 0. The van der Waals surface area contributed by atoms with Crippen molar-refractivity contribution >= 4 is 40.6 Å². The van der Waals surface area contributed by atoms with Crippen LogP contribution in [0.25, 0.3) is 0 Å². The molecule has 1 unspecified atom stereocenters. The highest BCUT2D eigenvalue weighted by atomic mass is 35.5. The topological polar surface area (TPSA) is 25.4 Å². The molecule has 0 N–H and O–H groups in total. The van der Waals surface area contributed by atoms with Crippen LogP contribution in [0.3, 0.4) is 0 Å². The second-order valence-electron chi connectivity index (χ2n) is 4.99. The van der Waals surface area contributed by atoms with Crippen LogP contribution < -0.4 is 4.90 Å². The Labute approximate surface area is 122 Å². The van der Waals surface area contributed by atoms with Crippen molar-refractivity contribution in [2.45, 2.75) is 25.6 Å². The van der Waals surface area contributed by atoms with Gasteiger partial charge in [0.05, 0.1) is 27.6 Å². The predicted molar refractivity (Wildman–Crippen MR) is 76.1 cm³/mol. The van der Waals surface area contributed by atoms with E-state index in [1.807, 2.05) is 13.8 Å². The molecule has 0 radical (unpaired) electrons. The molecule has 1 atom stereocenters. The molecule has 2 rings (SSSR count). The monoisotopic (exact) mass is 308 g/mol. The number of nitrogens with zero attached hydrogens (tertiary/aromatic N) is 2. The van der Waals surface area contributed by atoms with Crippen molar-refractivity contribution in [3.05, 3.63) is 22.3 Å². The fourth-order valence-corrected chi connectivity index (χ4v) is 2.84. The molecule has 1 aliphatic rings. The number of pyridine rings is 1. The average molecular weight is 310 g/mol. The first-order valence-corrected chi connectivity index (χ1v) is 7.00. The second kappa shape index (κ2) is 5.41. The number of ether oxygens (including phenoxy) is 1. The van der Waals surface area contributed by atoms with E-state index in [1.54, 1.807) is 12.3 Å². The summed E-state index contributed by atoms with van der Waals surface area (Å²) in [6, 6.07) is 1.70. The summed E-state index contributed by atoms with van der Waals surface area (Å²) in [6.07, 6.45) is 1.57. The molecule has 100 valence electrons. The molecular formula is C12H15Cl3N2O. The molecule has 0 saturated carbocycles. The van der Waals surface area contributed by atoms with Crippen molar-refractivity contribution in [2.75, 3.05) is 23.9 Å². The molecule has 0 bridgehead atoms. The summed E-state index contributed by atoms with van der Waals surface area (Å²) in [4.78, 5) is 6.39. The minimum atomic E-state index is -0.275. The zero-order chi connectivity index (χ0) is 13.3. The number of halogens is 3. The second-order valence-corrected chi connectivity index (χ2v) is 6.15. The normalized spacial score (nSPS) is 23.2. The Kier molecular flexibility index (Phi) is 4.27. The molecule has 1 fully saturated rings. The quantitative estimate of drug-likeness (QED) is 0.780. The number of rotatable bonds is 2. The van der Waals surface area contributed by atoms with Gasteiger partial charge in [0.2, 0.25) is 0 Å². The van der Waals surface area contributed by atoms with Crippen molar-refractivity contribution in [1.29, 1.82) is 0 Å². The minimum absolute atomic E-state index is 0.0241. The van der Waals surface area contributed by atoms with Gasteiger partial charge < -0.3 is 9.64 Å². The highest BCUT2D eigenvalue weighted by Crippen LogP contribution is 2.31. The van der Waals surface area contributed by atoms with Gasteiger partial charge in [-0.05, 0) is 19.9 Å². The summed E-state index contributed by atoms with van der Waals surface area (Å²) in [5.74, 6) is 1.18. The van der Waals surface area contributed by atoms with Crippen molar-refractivity contribution in [2.24, 2.45) is 0 Å². The van der Waals surface area contributed by atoms with Gasteiger partial charge in [0.15, 0.2) is 0 Å². The molecule has 1 aromatic rings. The van der Waals surface area contributed by atoms with Crippen molar-refractivity contribution in [1.82, 2.24) is 4.98 Å². The van der Waals surface area contributed by atoms with E-state index in [4.69, 9.17) is 39.5 Å². The molecule has 1 saturated heterocycles. The van der Waals surface area contributed by atoms with E-state index in [2.05, 4.69) is 9.88 Å². The van der Waals surface area contributed by atoms with E-state index in [9.17, 15) is 0 Å². The van der Waals surface area contributed by atoms with Gasteiger partial charge in [0.25, 0.3) is 0 Å². The standard InChI is InChI=1S/C12H15Cl3N2O/c1-12(2)7-17(6-9(4-13)18-12)11-10(15)3-8(14)5-16-11/h3,5,9H,4,6-7H2,1-2H3. The van der Waals surface area contributed by atoms with Crippen molar-refractivity contribution < 1.29 is 4.74 Å². The number of hydrogen-bond acceptors (Lipinski definition) is 3. The van der Waals surface area contributed by atoms with Gasteiger partial charge in [-0.15, -0.1) is 11.6 Å². The lowest BCUT2D eigenvalue weighted by molar-refractivity contribution is -0.0736. The number of morpholine rings is 1. The molecular weight excluding hydrogens is 295 g/mol. The molecule has 0 amide bonds. The fraction of sp³-hybridized carbons (Fsp3) is 0.583. The van der Waals surface area contributed by atoms with E-state index >= 15 is 0 Å². The molecule has 1 aliphatic heterocycles. The van der Waals surface area contributed by atoms with E-state index in [0.717, 1.165) is 12.4 Å². The predicted octanol–water partition coefficient (Wildman–Crippen LogP) is 3.61. The number of alkyl halides is 1. The molecule has 1 aromatic heterocycles. The zero-order valence-electron chi connectivity index (χ0n) is 10.3. The summed E-state index contributed by atoms with van der Waals surface area (Å²) >= 11 is 17.9. The first-order valence-electron chi connectivity index (χ1n) is 5.71. The first kappa shape index (κ1) is 14.2. The van der Waals surface area contributed by atoms with Crippen LogP contribution in [0.2, 0.25) is 10.0 Å². The van der Waals surface area contributed by atoms with Gasteiger partial charge in [-0.2, -0.15) is 0 Å². The maximum absolute atomic E-state index is 6.18. The lowest BCUT2D eigenvalue weighted by atomic mass is 10.1. The third-order valence-electron chi connectivity index (χ3n) is 2.74. The molecule has 0 aliphatic carbocycles. The summed E-state index contributed by atoms with van der Waals surface area (Å²) in [7, 11) is 0. The van der Waals surface area contributed by atoms with Crippen LogP contribution >= 0.6 is 34.8 Å². The molecule has 6 heteroatoms. The Morgan fingerprint density at radius 1 is 1.50 bits per heavy atom. The molecule has 2 heterocycles. The minimum Gasteiger partial charge on any atom is -0.367 e. The van der Waals surface area contributed by atoms with Gasteiger partial charge in [-0.1, -0.05) is 23.2 Å². The van der Waals surface area contributed by atoms with Crippen LogP contribution in [0.4, 0.5) is 5.82 Å². The van der Waals surface area contributed by atoms with E-state index in [-0.39, 0.29) is 11.7 Å². The Morgan fingerprint density at radius 3 is 2.83 bits per heavy atom. The van der Waals surface area contributed by atoms with Crippen molar-refractivity contribution in [3.8, 4) is 0 Å². The van der Waals surface area contributed by atoms with Crippen LogP contribution in [0, 0.1) is 0 Å². The van der Waals surface area contributed by atoms with Crippen molar-refractivity contribution in [3.63, 3.8) is 0 Å². The maximum atomic E-state index is 6.18. The SMILES string of the molecule is CC1(C)CN(c2ncc(Cl)cc2Cl)CC(CCl)O1. The summed E-state index contributed by atoms with van der Waals surface area (Å²) in [5, 5.41) is 1.08. The van der Waals surface area contributed by atoms with E-state index < -0.39 is 0 Å². The van der Waals surface area contributed by atoms with Crippen LogP contribution in [-0.2, 0) is 4.74 Å². The Bertz CT molecular complexity index is 439. The maximum Gasteiger partial charge on any atom is 0.147 e. The molecule has 3 nitrogen and oxygen atoms in total. The average Bonchev–Trinajstić information content (AvgIpc) is 2.26. The Morgan fingerprint density at radius 2 is 2.22 bits per heavy atom. The highest BCUT2D eigenvalue weighted by molar-refractivity contribution is 6.36. The molecule has 18 heavy (non-hydrogen) atoms. The van der Waals surface area contributed by atoms with Crippen LogP contribution in [0.1, 0.15) is 13.8 Å². The number of anilines is 1. The summed E-state index contributed by atoms with van der Waals surface area (Å²) < 4.78 is 5.87. The Hall–Kier alpha value is -0.220. The number of aromatic nitrogens is 1.